The molecule has 3 rings (SSSR count). The number of thiophene rings is 2. The lowest BCUT2D eigenvalue weighted by atomic mass is 10.2. The number of aliphatic hydroxyl groups is 1. The second-order valence-corrected chi connectivity index (χ2v) is 7.93. The molecule has 0 aliphatic rings. The minimum Gasteiger partial charge on any atom is -0.382 e. The molecule has 0 saturated carbocycles. The lowest BCUT2D eigenvalue weighted by Gasteiger charge is -2.04. The van der Waals surface area contributed by atoms with Crippen LogP contribution in [0.3, 0.4) is 0 Å². The van der Waals surface area contributed by atoms with Gasteiger partial charge in [-0.3, -0.25) is 0 Å². The lowest BCUT2D eigenvalue weighted by Crippen LogP contribution is -1.92. The topological polar surface area (TPSA) is 20.2 Å². The Morgan fingerprint density at radius 2 is 1.89 bits per heavy atom. The molecule has 1 atom stereocenters. The van der Waals surface area contributed by atoms with Gasteiger partial charge in [-0.15, -0.1) is 22.7 Å². The van der Waals surface area contributed by atoms with E-state index >= 15 is 0 Å². The van der Waals surface area contributed by atoms with E-state index in [0.29, 0.717) is 5.02 Å². The maximum Gasteiger partial charge on any atom is 0.124 e. The molecule has 0 radical (unpaired) electrons. The summed E-state index contributed by atoms with van der Waals surface area (Å²) in [6.07, 6.45) is -0.728. The largest absolute Gasteiger partial charge is 0.382 e. The number of rotatable bonds is 2. The van der Waals surface area contributed by atoms with Gasteiger partial charge in [-0.05, 0) is 45.6 Å². The van der Waals surface area contributed by atoms with Crippen LogP contribution < -0.4 is 0 Å². The van der Waals surface area contributed by atoms with Crippen LogP contribution >= 0.6 is 50.2 Å². The molecule has 19 heavy (non-hydrogen) atoms. The molecule has 1 nitrogen and oxygen atoms in total. The quantitative estimate of drug-likeness (QED) is 0.616. The van der Waals surface area contributed by atoms with Crippen molar-refractivity contribution in [3.8, 4) is 0 Å². The molecule has 2 heterocycles. The van der Waals surface area contributed by atoms with Crippen molar-refractivity contribution < 1.29 is 9.50 Å². The van der Waals surface area contributed by atoms with Crippen molar-refractivity contribution in [1.29, 1.82) is 0 Å². The van der Waals surface area contributed by atoms with Crippen LogP contribution in [0, 0.1) is 5.82 Å². The zero-order chi connectivity index (χ0) is 13.6. The molecular formula is C13H7BrClFOS2. The average molecular weight is 378 g/mol. The molecule has 0 fully saturated rings. The van der Waals surface area contributed by atoms with Gasteiger partial charge in [0.15, 0.2) is 0 Å². The van der Waals surface area contributed by atoms with Crippen LogP contribution in [-0.2, 0) is 0 Å². The summed E-state index contributed by atoms with van der Waals surface area (Å²) in [5.41, 5.74) is 0. The maximum atomic E-state index is 13.1. The first-order valence-corrected chi connectivity index (χ1v) is 8.17. The summed E-state index contributed by atoms with van der Waals surface area (Å²) in [5, 5.41) is 11.9. The normalized spacial score (nSPS) is 13.1. The van der Waals surface area contributed by atoms with E-state index < -0.39 is 6.10 Å². The predicted octanol–water partition coefficient (Wildman–Crippen LogP) is 5.60. The number of aliphatic hydroxyl groups excluding tert-OH is 1. The Bertz CT molecular complexity index is 733. The number of hydrogen-bond donors (Lipinski definition) is 1. The van der Waals surface area contributed by atoms with Crippen molar-refractivity contribution in [3.63, 3.8) is 0 Å². The summed E-state index contributed by atoms with van der Waals surface area (Å²) < 4.78 is 14.8. The van der Waals surface area contributed by atoms with Gasteiger partial charge in [-0.1, -0.05) is 17.7 Å². The van der Waals surface area contributed by atoms with Crippen molar-refractivity contribution in [2.45, 2.75) is 6.10 Å². The molecule has 0 amide bonds. The van der Waals surface area contributed by atoms with Gasteiger partial charge in [0.05, 0.1) is 8.81 Å². The average Bonchev–Trinajstić information content (AvgIpc) is 2.92. The molecular weight excluding hydrogens is 371 g/mol. The minimum absolute atomic E-state index is 0.266. The fourth-order valence-corrected chi connectivity index (χ4v) is 4.72. The zero-order valence-electron chi connectivity index (χ0n) is 9.36. The number of benzene rings is 1. The highest BCUT2D eigenvalue weighted by Gasteiger charge is 2.17. The third kappa shape index (κ3) is 2.58. The van der Waals surface area contributed by atoms with E-state index in [0.717, 1.165) is 23.6 Å². The Hall–Kier alpha value is -0.460. The Balaban J connectivity index is 2.03. The first kappa shape index (κ1) is 13.5. The Labute approximate surface area is 130 Å². The van der Waals surface area contributed by atoms with Gasteiger partial charge >= 0.3 is 0 Å². The first-order valence-electron chi connectivity index (χ1n) is 5.36. The summed E-state index contributed by atoms with van der Waals surface area (Å²) in [5.74, 6) is -0.266. The molecule has 6 heteroatoms. The zero-order valence-corrected chi connectivity index (χ0v) is 13.3. The van der Waals surface area contributed by atoms with Crippen molar-refractivity contribution in [2.24, 2.45) is 0 Å². The van der Waals surface area contributed by atoms with E-state index in [-0.39, 0.29) is 5.82 Å². The van der Waals surface area contributed by atoms with Gasteiger partial charge in [0.25, 0.3) is 0 Å². The van der Waals surface area contributed by atoms with Crippen LogP contribution in [-0.4, -0.2) is 5.11 Å². The molecule has 0 aliphatic carbocycles. The summed E-state index contributed by atoms with van der Waals surface area (Å²) in [6, 6.07) is 8.24. The molecule has 1 aromatic carbocycles. The summed E-state index contributed by atoms with van der Waals surface area (Å²) in [6.45, 7) is 0. The predicted molar refractivity (Wildman–Crippen MR) is 82.9 cm³/mol. The minimum atomic E-state index is -0.728. The molecule has 0 spiro atoms. The van der Waals surface area contributed by atoms with Gasteiger partial charge < -0.3 is 5.11 Å². The van der Waals surface area contributed by atoms with Crippen LogP contribution in [0.1, 0.15) is 15.9 Å². The van der Waals surface area contributed by atoms with Crippen LogP contribution in [0.25, 0.3) is 10.1 Å². The molecule has 3 aromatic rings. The molecule has 0 saturated heterocycles. The van der Waals surface area contributed by atoms with Gasteiger partial charge in [0, 0.05) is 14.5 Å². The smallest absolute Gasteiger partial charge is 0.124 e. The Morgan fingerprint density at radius 1 is 1.16 bits per heavy atom. The van der Waals surface area contributed by atoms with E-state index in [4.69, 9.17) is 11.6 Å². The molecule has 0 aliphatic heterocycles. The lowest BCUT2D eigenvalue weighted by molar-refractivity contribution is 0.228. The van der Waals surface area contributed by atoms with Crippen molar-refractivity contribution in [1.82, 2.24) is 0 Å². The Morgan fingerprint density at radius 3 is 2.58 bits per heavy atom. The SMILES string of the molecule is OC(c1cc(Cl)c(Br)s1)c1cc2ccc(F)cc2s1. The monoisotopic (exact) mass is 376 g/mol. The number of halogens is 3. The second-order valence-electron chi connectivity index (χ2n) is 4.00. The van der Waals surface area contributed by atoms with Crippen molar-refractivity contribution in [3.05, 3.63) is 54.7 Å². The van der Waals surface area contributed by atoms with E-state index in [9.17, 15) is 9.50 Å². The summed E-state index contributed by atoms with van der Waals surface area (Å²) in [7, 11) is 0. The number of fused-ring (bicyclic) bond motifs is 1. The third-order valence-corrected chi connectivity index (χ3v) is 6.38. The van der Waals surface area contributed by atoms with Crippen molar-refractivity contribution >= 4 is 60.3 Å². The molecule has 0 bridgehead atoms. The molecule has 1 unspecified atom stereocenters. The second kappa shape index (κ2) is 5.14. The van der Waals surface area contributed by atoms with Crippen LogP contribution in [0.15, 0.2) is 34.1 Å². The van der Waals surface area contributed by atoms with Gasteiger partial charge in [0.1, 0.15) is 11.9 Å². The highest BCUT2D eigenvalue weighted by atomic mass is 79.9. The van der Waals surface area contributed by atoms with E-state index in [2.05, 4.69) is 15.9 Å². The molecule has 2 aromatic heterocycles. The number of hydrogen-bond acceptors (Lipinski definition) is 3. The highest BCUT2D eigenvalue weighted by molar-refractivity contribution is 9.11. The van der Waals surface area contributed by atoms with Crippen LogP contribution in [0.2, 0.25) is 5.02 Å². The maximum absolute atomic E-state index is 13.1. The van der Waals surface area contributed by atoms with Gasteiger partial charge in [-0.2, -0.15) is 0 Å². The molecule has 1 N–H and O–H groups in total. The third-order valence-electron chi connectivity index (χ3n) is 2.70. The first-order chi connectivity index (χ1) is 9.04. The summed E-state index contributed by atoms with van der Waals surface area (Å²) in [4.78, 5) is 1.55. The fourth-order valence-electron chi connectivity index (χ4n) is 1.80. The Kier molecular flexibility index (Phi) is 3.66. The standard InChI is InChI=1S/C13H7BrClFOS2/c14-13-8(15)5-11(19-13)12(17)10-3-6-1-2-7(16)4-9(6)18-10/h1-5,12,17H. The van der Waals surface area contributed by atoms with Gasteiger partial charge in [-0.25, -0.2) is 4.39 Å². The van der Waals surface area contributed by atoms with E-state index in [1.807, 2.05) is 6.07 Å². The highest BCUT2D eigenvalue weighted by Crippen LogP contribution is 2.40. The van der Waals surface area contributed by atoms with Crippen molar-refractivity contribution in [2.75, 3.05) is 0 Å². The fraction of sp³-hybridized carbons (Fsp3) is 0.0769. The summed E-state index contributed by atoms with van der Waals surface area (Å²) >= 11 is 12.1. The van der Waals surface area contributed by atoms with E-state index in [1.54, 1.807) is 12.1 Å². The van der Waals surface area contributed by atoms with E-state index in [1.165, 1.54) is 34.8 Å². The van der Waals surface area contributed by atoms with Gasteiger partial charge in [0.2, 0.25) is 0 Å². The molecule has 98 valence electrons. The van der Waals surface area contributed by atoms with Crippen LogP contribution in [0.4, 0.5) is 4.39 Å². The van der Waals surface area contributed by atoms with Crippen LogP contribution in [0.5, 0.6) is 0 Å².